The monoisotopic (exact) mass is 530 g/mol. The molecule has 0 bridgehead atoms. The highest BCUT2D eigenvalue weighted by Gasteiger charge is 2.33. The molecule has 0 spiro atoms. The van der Waals surface area contributed by atoms with E-state index < -0.39 is 11.9 Å². The lowest BCUT2D eigenvalue weighted by atomic mass is 10.4. The SMILES string of the molecule is CN=C(NCCCSc1ccccc1)NCCc1nc(C(F)(F)F)cs1.I. The summed E-state index contributed by atoms with van der Waals surface area (Å²) in [5.41, 5.74) is -0.823. The van der Waals surface area contributed by atoms with E-state index >= 15 is 0 Å². The van der Waals surface area contributed by atoms with Gasteiger partial charge in [0.05, 0.1) is 5.01 Å². The molecule has 0 amide bonds. The van der Waals surface area contributed by atoms with E-state index in [0.29, 0.717) is 23.9 Å². The average molecular weight is 530 g/mol. The molecule has 0 radical (unpaired) electrons. The van der Waals surface area contributed by atoms with Gasteiger partial charge in [-0.3, -0.25) is 4.99 Å². The van der Waals surface area contributed by atoms with Crippen LogP contribution in [-0.4, -0.2) is 36.8 Å². The van der Waals surface area contributed by atoms with Crippen molar-refractivity contribution < 1.29 is 13.2 Å². The molecule has 27 heavy (non-hydrogen) atoms. The average Bonchev–Trinajstić information content (AvgIpc) is 3.10. The van der Waals surface area contributed by atoms with Crippen LogP contribution in [-0.2, 0) is 12.6 Å². The van der Waals surface area contributed by atoms with Gasteiger partial charge in [-0.15, -0.1) is 47.1 Å². The molecule has 0 atom stereocenters. The maximum atomic E-state index is 12.5. The van der Waals surface area contributed by atoms with Crippen LogP contribution in [0.3, 0.4) is 0 Å². The van der Waals surface area contributed by atoms with E-state index in [1.54, 1.807) is 18.8 Å². The van der Waals surface area contributed by atoms with E-state index in [4.69, 9.17) is 0 Å². The van der Waals surface area contributed by atoms with Crippen molar-refractivity contribution >= 4 is 53.0 Å². The van der Waals surface area contributed by atoms with Gasteiger partial charge in [-0.1, -0.05) is 18.2 Å². The predicted molar refractivity (Wildman–Crippen MR) is 117 cm³/mol. The Hall–Kier alpha value is -1.01. The highest BCUT2D eigenvalue weighted by molar-refractivity contribution is 14.0. The number of thioether (sulfide) groups is 1. The van der Waals surface area contributed by atoms with Crippen LogP contribution in [0.15, 0.2) is 45.6 Å². The van der Waals surface area contributed by atoms with E-state index in [-0.39, 0.29) is 24.0 Å². The van der Waals surface area contributed by atoms with Gasteiger partial charge < -0.3 is 10.6 Å². The van der Waals surface area contributed by atoms with Gasteiger partial charge in [0.1, 0.15) is 0 Å². The third-order valence-corrected chi connectivity index (χ3v) is 5.33. The molecular formula is C17H22F3IN4S2. The number of nitrogens with one attached hydrogen (secondary N) is 2. The lowest BCUT2D eigenvalue weighted by Gasteiger charge is -2.11. The first kappa shape index (κ1) is 24.0. The maximum absolute atomic E-state index is 12.5. The van der Waals surface area contributed by atoms with Crippen molar-refractivity contribution in [1.29, 1.82) is 0 Å². The summed E-state index contributed by atoms with van der Waals surface area (Å²) in [6.07, 6.45) is -2.98. The van der Waals surface area contributed by atoms with Crippen molar-refractivity contribution in [2.24, 2.45) is 4.99 Å². The van der Waals surface area contributed by atoms with Crippen molar-refractivity contribution in [2.45, 2.75) is 23.9 Å². The van der Waals surface area contributed by atoms with Crippen molar-refractivity contribution in [2.75, 3.05) is 25.9 Å². The molecule has 2 N–H and O–H groups in total. The largest absolute Gasteiger partial charge is 0.434 e. The summed E-state index contributed by atoms with van der Waals surface area (Å²) in [5, 5.41) is 7.80. The number of rotatable bonds is 8. The molecule has 0 aliphatic carbocycles. The van der Waals surface area contributed by atoms with Crippen LogP contribution in [0.4, 0.5) is 13.2 Å². The summed E-state index contributed by atoms with van der Waals surface area (Å²) in [5.74, 6) is 1.63. The highest BCUT2D eigenvalue weighted by Crippen LogP contribution is 2.30. The second-order valence-corrected chi connectivity index (χ2v) is 7.43. The van der Waals surface area contributed by atoms with Gasteiger partial charge >= 0.3 is 6.18 Å². The van der Waals surface area contributed by atoms with Crippen LogP contribution in [0.1, 0.15) is 17.1 Å². The standard InChI is InChI=1S/C17H21F3N4S2.HI/c1-21-16(22-9-5-11-25-13-6-3-2-4-7-13)23-10-8-15-24-14(12-26-15)17(18,19)20;/h2-4,6-7,12H,5,8-11H2,1H3,(H2,21,22,23);1H. The Kier molecular flexibility index (Phi) is 11.1. The molecule has 0 saturated carbocycles. The fourth-order valence-electron chi connectivity index (χ4n) is 2.05. The number of alkyl halides is 3. The molecule has 1 aromatic heterocycles. The Morgan fingerprint density at radius 3 is 2.52 bits per heavy atom. The number of hydrogen-bond donors (Lipinski definition) is 2. The molecule has 0 saturated heterocycles. The van der Waals surface area contributed by atoms with Gasteiger partial charge in [0, 0.05) is 36.8 Å². The normalized spacial score (nSPS) is 11.8. The van der Waals surface area contributed by atoms with E-state index in [1.807, 2.05) is 18.2 Å². The van der Waals surface area contributed by atoms with Gasteiger partial charge in [-0.05, 0) is 24.3 Å². The first-order chi connectivity index (χ1) is 12.5. The number of hydrogen-bond acceptors (Lipinski definition) is 4. The van der Waals surface area contributed by atoms with E-state index in [1.165, 1.54) is 4.90 Å². The van der Waals surface area contributed by atoms with Gasteiger partial charge in [0.25, 0.3) is 0 Å². The minimum Gasteiger partial charge on any atom is -0.356 e. The zero-order valence-corrected chi connectivity index (χ0v) is 18.7. The quantitative estimate of drug-likeness (QED) is 0.171. The minimum atomic E-state index is -4.38. The van der Waals surface area contributed by atoms with Crippen LogP contribution < -0.4 is 10.6 Å². The van der Waals surface area contributed by atoms with E-state index in [9.17, 15) is 13.2 Å². The third kappa shape index (κ3) is 9.15. The molecule has 0 fully saturated rings. The number of halogens is 4. The lowest BCUT2D eigenvalue weighted by molar-refractivity contribution is -0.140. The second kappa shape index (κ2) is 12.4. The van der Waals surface area contributed by atoms with Crippen LogP contribution in [0.5, 0.6) is 0 Å². The van der Waals surface area contributed by atoms with Crippen molar-refractivity contribution in [3.63, 3.8) is 0 Å². The minimum absolute atomic E-state index is 0. The fourth-order valence-corrected chi connectivity index (χ4v) is 3.73. The Balaban J connectivity index is 0.00000364. The summed E-state index contributed by atoms with van der Waals surface area (Å²) in [4.78, 5) is 8.97. The number of guanidine groups is 1. The summed E-state index contributed by atoms with van der Waals surface area (Å²) in [7, 11) is 1.67. The molecule has 4 nitrogen and oxygen atoms in total. The molecule has 0 aliphatic heterocycles. The number of aliphatic imine (C=N–C) groups is 1. The summed E-state index contributed by atoms with van der Waals surface area (Å²) < 4.78 is 37.5. The van der Waals surface area contributed by atoms with Crippen LogP contribution in [0, 0.1) is 0 Å². The second-order valence-electron chi connectivity index (χ2n) is 5.32. The maximum Gasteiger partial charge on any atom is 0.434 e. The Labute approximate surface area is 182 Å². The smallest absolute Gasteiger partial charge is 0.356 e. The zero-order valence-electron chi connectivity index (χ0n) is 14.8. The number of thiazole rings is 1. The Morgan fingerprint density at radius 2 is 1.89 bits per heavy atom. The fraction of sp³-hybridized carbons (Fsp3) is 0.412. The van der Waals surface area contributed by atoms with E-state index in [2.05, 4.69) is 32.7 Å². The van der Waals surface area contributed by atoms with Crippen LogP contribution in [0.25, 0.3) is 0 Å². The van der Waals surface area contributed by atoms with E-state index in [0.717, 1.165) is 35.4 Å². The molecule has 2 rings (SSSR count). The molecule has 0 unspecified atom stereocenters. The van der Waals surface area contributed by atoms with Gasteiger partial charge in [-0.2, -0.15) is 13.2 Å². The summed E-state index contributed by atoms with van der Waals surface area (Å²) >= 11 is 2.82. The topological polar surface area (TPSA) is 49.3 Å². The van der Waals surface area contributed by atoms with Crippen molar-refractivity contribution in [3.05, 3.63) is 46.4 Å². The predicted octanol–water partition coefficient (Wildman–Crippen LogP) is 4.67. The zero-order chi connectivity index (χ0) is 18.8. The summed E-state index contributed by atoms with van der Waals surface area (Å²) in [6, 6.07) is 10.2. The number of aromatic nitrogens is 1. The Morgan fingerprint density at radius 1 is 1.19 bits per heavy atom. The van der Waals surface area contributed by atoms with Crippen molar-refractivity contribution in [3.8, 4) is 0 Å². The van der Waals surface area contributed by atoms with Crippen LogP contribution in [0.2, 0.25) is 0 Å². The molecular weight excluding hydrogens is 508 g/mol. The van der Waals surface area contributed by atoms with Crippen molar-refractivity contribution in [1.82, 2.24) is 15.6 Å². The first-order valence-electron chi connectivity index (χ1n) is 8.13. The molecule has 150 valence electrons. The molecule has 2 aromatic rings. The van der Waals surface area contributed by atoms with Gasteiger partial charge in [0.15, 0.2) is 11.7 Å². The van der Waals surface area contributed by atoms with Gasteiger partial charge in [-0.25, -0.2) is 4.98 Å². The highest BCUT2D eigenvalue weighted by atomic mass is 127. The number of benzene rings is 1. The van der Waals surface area contributed by atoms with Gasteiger partial charge in [0.2, 0.25) is 0 Å². The lowest BCUT2D eigenvalue weighted by Crippen LogP contribution is -2.38. The van der Waals surface area contributed by atoms with Crippen LogP contribution >= 0.6 is 47.1 Å². The molecule has 0 aliphatic rings. The molecule has 1 heterocycles. The molecule has 10 heteroatoms. The Bertz CT molecular complexity index is 693. The number of nitrogens with zero attached hydrogens (tertiary/aromatic N) is 2. The summed E-state index contributed by atoms with van der Waals surface area (Å²) in [6.45, 7) is 1.25. The third-order valence-electron chi connectivity index (χ3n) is 3.32. The first-order valence-corrected chi connectivity index (χ1v) is 9.99. The molecule has 1 aromatic carbocycles.